The van der Waals surface area contributed by atoms with Crippen LogP contribution in [-0.4, -0.2) is 17.6 Å². The van der Waals surface area contributed by atoms with E-state index in [9.17, 15) is 4.79 Å². The molecule has 0 amide bonds. The number of aromatic nitrogens is 1. The number of carbonyl (C=O) groups is 1. The molecule has 0 spiro atoms. The predicted octanol–water partition coefficient (Wildman–Crippen LogP) is 3.48. The Labute approximate surface area is 115 Å². The summed E-state index contributed by atoms with van der Waals surface area (Å²) in [5.74, 6) is 0.596. The maximum absolute atomic E-state index is 11.7. The number of ether oxygens (including phenoxy) is 1. The summed E-state index contributed by atoms with van der Waals surface area (Å²) in [6.45, 7) is 4.48. The van der Waals surface area contributed by atoms with Gasteiger partial charge in [0.15, 0.2) is 0 Å². The Morgan fingerprint density at radius 1 is 1.26 bits per heavy atom. The van der Waals surface area contributed by atoms with Gasteiger partial charge in [-0.1, -0.05) is 13.0 Å². The Balaban J connectivity index is 1.94. The van der Waals surface area contributed by atoms with E-state index in [1.54, 1.807) is 0 Å². The molecule has 0 unspecified atom stereocenters. The Kier molecular flexibility index (Phi) is 4.94. The van der Waals surface area contributed by atoms with Crippen LogP contribution >= 0.6 is 0 Å². The van der Waals surface area contributed by atoms with Crippen LogP contribution in [0.3, 0.4) is 0 Å². The fourth-order valence-electron chi connectivity index (χ4n) is 2.81. The van der Waals surface area contributed by atoms with Crippen molar-refractivity contribution in [2.75, 3.05) is 6.61 Å². The van der Waals surface area contributed by atoms with Crippen molar-refractivity contribution in [3.05, 3.63) is 29.6 Å². The molecule has 3 heteroatoms. The third-order valence-corrected chi connectivity index (χ3v) is 3.96. The Bertz CT molecular complexity index is 423. The van der Waals surface area contributed by atoms with Crippen LogP contribution < -0.4 is 0 Å². The highest BCUT2D eigenvalue weighted by molar-refractivity contribution is 5.72. The van der Waals surface area contributed by atoms with E-state index in [2.05, 4.69) is 25.1 Å². The standard InChI is InChI=1S/C16H23NO2/c1-3-14-6-5-7-15(17-14)12-8-10-13(11-9-12)16(18)19-4-2/h5-7,12-13H,3-4,8-11H2,1-2H3. The summed E-state index contributed by atoms with van der Waals surface area (Å²) in [4.78, 5) is 16.4. The largest absolute Gasteiger partial charge is 0.466 e. The molecule has 3 nitrogen and oxygen atoms in total. The van der Waals surface area contributed by atoms with Crippen molar-refractivity contribution >= 4 is 5.97 Å². The molecule has 1 fully saturated rings. The van der Waals surface area contributed by atoms with Crippen LogP contribution in [-0.2, 0) is 16.0 Å². The molecule has 0 aromatic carbocycles. The van der Waals surface area contributed by atoms with Crippen molar-refractivity contribution in [1.82, 2.24) is 4.98 Å². The van der Waals surface area contributed by atoms with Gasteiger partial charge in [-0.05, 0) is 51.2 Å². The van der Waals surface area contributed by atoms with Gasteiger partial charge in [-0.15, -0.1) is 0 Å². The van der Waals surface area contributed by atoms with Crippen molar-refractivity contribution < 1.29 is 9.53 Å². The van der Waals surface area contributed by atoms with Crippen LogP contribution in [0.4, 0.5) is 0 Å². The van der Waals surface area contributed by atoms with E-state index in [1.165, 1.54) is 5.69 Å². The molecule has 2 rings (SSSR count). The first-order valence-corrected chi connectivity index (χ1v) is 7.37. The minimum Gasteiger partial charge on any atom is -0.466 e. The van der Waals surface area contributed by atoms with Gasteiger partial charge in [0.05, 0.1) is 12.5 Å². The number of hydrogen-bond acceptors (Lipinski definition) is 3. The van der Waals surface area contributed by atoms with Gasteiger partial charge in [0.25, 0.3) is 0 Å². The maximum atomic E-state index is 11.7. The third kappa shape index (κ3) is 3.55. The summed E-state index contributed by atoms with van der Waals surface area (Å²) < 4.78 is 5.10. The van der Waals surface area contributed by atoms with E-state index < -0.39 is 0 Å². The smallest absolute Gasteiger partial charge is 0.308 e. The molecule has 0 aliphatic heterocycles. The van der Waals surface area contributed by atoms with Crippen LogP contribution in [0, 0.1) is 5.92 Å². The lowest BCUT2D eigenvalue weighted by atomic mass is 9.80. The van der Waals surface area contributed by atoms with Crippen LogP contribution in [0.2, 0.25) is 0 Å². The van der Waals surface area contributed by atoms with Gasteiger partial charge < -0.3 is 4.74 Å². The first-order chi connectivity index (χ1) is 9.24. The van der Waals surface area contributed by atoms with Crippen molar-refractivity contribution in [2.45, 2.75) is 51.9 Å². The average Bonchev–Trinajstić information content (AvgIpc) is 2.48. The quantitative estimate of drug-likeness (QED) is 0.779. The van der Waals surface area contributed by atoms with Crippen molar-refractivity contribution in [2.24, 2.45) is 5.92 Å². The third-order valence-electron chi connectivity index (χ3n) is 3.96. The van der Waals surface area contributed by atoms with E-state index in [1.807, 2.05) is 6.92 Å². The molecule has 0 radical (unpaired) electrons. The van der Waals surface area contributed by atoms with Gasteiger partial charge in [0.2, 0.25) is 0 Å². The highest BCUT2D eigenvalue weighted by Crippen LogP contribution is 2.35. The summed E-state index contributed by atoms with van der Waals surface area (Å²) in [6.07, 6.45) is 4.93. The molecule has 1 aliphatic rings. The number of pyridine rings is 1. The predicted molar refractivity (Wildman–Crippen MR) is 74.9 cm³/mol. The fraction of sp³-hybridized carbons (Fsp3) is 0.625. The monoisotopic (exact) mass is 261 g/mol. The number of esters is 1. The molecule has 0 saturated heterocycles. The lowest BCUT2D eigenvalue weighted by molar-refractivity contribution is -0.149. The van der Waals surface area contributed by atoms with E-state index in [-0.39, 0.29) is 11.9 Å². The molecule has 0 bridgehead atoms. The summed E-state index contributed by atoms with van der Waals surface area (Å²) in [7, 11) is 0. The molecular formula is C16H23NO2. The van der Waals surface area contributed by atoms with Gasteiger partial charge >= 0.3 is 5.97 Å². The molecule has 0 N–H and O–H groups in total. The van der Waals surface area contributed by atoms with E-state index in [4.69, 9.17) is 9.72 Å². The molecule has 1 aromatic rings. The van der Waals surface area contributed by atoms with E-state index in [0.717, 1.165) is 37.8 Å². The van der Waals surface area contributed by atoms with Crippen LogP contribution in [0.1, 0.15) is 56.8 Å². The molecule has 1 saturated carbocycles. The Hall–Kier alpha value is -1.38. The van der Waals surface area contributed by atoms with E-state index in [0.29, 0.717) is 12.5 Å². The maximum Gasteiger partial charge on any atom is 0.308 e. The molecule has 1 heterocycles. The fourth-order valence-corrected chi connectivity index (χ4v) is 2.81. The summed E-state index contributed by atoms with van der Waals surface area (Å²) >= 11 is 0. The number of carbonyl (C=O) groups excluding carboxylic acids is 1. The minimum absolute atomic E-state index is 0.0174. The SMILES string of the molecule is CCOC(=O)C1CCC(c2cccc(CC)n2)CC1. The van der Waals surface area contributed by atoms with Gasteiger partial charge in [-0.2, -0.15) is 0 Å². The molecule has 1 aliphatic carbocycles. The Morgan fingerprint density at radius 2 is 2.00 bits per heavy atom. The van der Waals surface area contributed by atoms with Crippen LogP contribution in [0.5, 0.6) is 0 Å². The van der Waals surface area contributed by atoms with Crippen LogP contribution in [0.25, 0.3) is 0 Å². The normalized spacial score (nSPS) is 23.1. The summed E-state index contributed by atoms with van der Waals surface area (Å²) in [5.41, 5.74) is 2.35. The first kappa shape index (κ1) is 14.0. The number of hydrogen-bond donors (Lipinski definition) is 0. The lowest BCUT2D eigenvalue weighted by Gasteiger charge is -2.27. The average molecular weight is 261 g/mol. The number of nitrogens with zero attached hydrogens (tertiary/aromatic N) is 1. The number of aryl methyl sites for hydroxylation is 1. The number of rotatable bonds is 4. The van der Waals surface area contributed by atoms with Crippen molar-refractivity contribution in [3.63, 3.8) is 0 Å². The zero-order valence-corrected chi connectivity index (χ0v) is 11.9. The Morgan fingerprint density at radius 3 is 2.63 bits per heavy atom. The second kappa shape index (κ2) is 6.69. The zero-order chi connectivity index (χ0) is 13.7. The van der Waals surface area contributed by atoms with Crippen molar-refractivity contribution in [1.29, 1.82) is 0 Å². The highest BCUT2D eigenvalue weighted by atomic mass is 16.5. The van der Waals surface area contributed by atoms with Gasteiger partial charge in [0, 0.05) is 17.3 Å². The molecule has 1 aromatic heterocycles. The van der Waals surface area contributed by atoms with E-state index >= 15 is 0 Å². The second-order valence-corrected chi connectivity index (χ2v) is 5.21. The molecule has 0 atom stereocenters. The zero-order valence-electron chi connectivity index (χ0n) is 11.9. The molecule has 19 heavy (non-hydrogen) atoms. The van der Waals surface area contributed by atoms with Gasteiger partial charge in [0.1, 0.15) is 0 Å². The van der Waals surface area contributed by atoms with Gasteiger partial charge in [-0.25, -0.2) is 0 Å². The lowest BCUT2D eigenvalue weighted by Crippen LogP contribution is -2.23. The highest BCUT2D eigenvalue weighted by Gasteiger charge is 2.28. The topological polar surface area (TPSA) is 39.2 Å². The second-order valence-electron chi connectivity index (χ2n) is 5.21. The van der Waals surface area contributed by atoms with Crippen LogP contribution in [0.15, 0.2) is 18.2 Å². The van der Waals surface area contributed by atoms with Crippen molar-refractivity contribution in [3.8, 4) is 0 Å². The molecular weight excluding hydrogens is 238 g/mol. The van der Waals surface area contributed by atoms with Gasteiger partial charge in [-0.3, -0.25) is 9.78 Å². The summed E-state index contributed by atoms with van der Waals surface area (Å²) in [5, 5.41) is 0. The summed E-state index contributed by atoms with van der Waals surface area (Å²) in [6, 6.07) is 6.29. The molecule has 104 valence electrons. The first-order valence-electron chi connectivity index (χ1n) is 7.37. The minimum atomic E-state index is -0.0174.